The number of hydrogen-bond acceptors (Lipinski definition) is 1. The van der Waals surface area contributed by atoms with E-state index in [0.717, 1.165) is 12.5 Å². The van der Waals surface area contributed by atoms with Gasteiger partial charge in [0.05, 0.1) is 0 Å². The van der Waals surface area contributed by atoms with Crippen molar-refractivity contribution in [3.63, 3.8) is 0 Å². The lowest BCUT2D eigenvalue weighted by molar-refractivity contribution is 0.363. The second-order valence-corrected chi connectivity index (χ2v) is 4.68. The van der Waals surface area contributed by atoms with Crippen LogP contribution in [0.25, 0.3) is 0 Å². The molecule has 0 aliphatic heterocycles. The van der Waals surface area contributed by atoms with Crippen molar-refractivity contribution in [2.24, 2.45) is 11.3 Å². The van der Waals surface area contributed by atoms with Gasteiger partial charge in [0.2, 0.25) is 0 Å². The molecule has 0 bridgehead atoms. The molecule has 1 saturated carbocycles. The van der Waals surface area contributed by atoms with Gasteiger partial charge in [-0.2, -0.15) is 0 Å². The topological polar surface area (TPSA) is 12.0 Å². The van der Waals surface area contributed by atoms with E-state index in [1.54, 1.807) is 0 Å². The SMILES string of the molecule is CC(C)CN[C@H](C)C1(C)CC1.[HH]. The van der Waals surface area contributed by atoms with Gasteiger partial charge in [0.1, 0.15) is 0 Å². The van der Waals surface area contributed by atoms with Crippen LogP contribution in [0.2, 0.25) is 0 Å². The Morgan fingerprint density at radius 3 is 2.27 bits per heavy atom. The van der Waals surface area contributed by atoms with Gasteiger partial charge in [0, 0.05) is 7.47 Å². The Bertz CT molecular complexity index is 130. The minimum absolute atomic E-state index is 0. The summed E-state index contributed by atoms with van der Waals surface area (Å²) in [7, 11) is 0. The van der Waals surface area contributed by atoms with Crippen LogP contribution in [-0.2, 0) is 0 Å². The van der Waals surface area contributed by atoms with Crippen molar-refractivity contribution in [3.8, 4) is 0 Å². The number of rotatable bonds is 4. The molecule has 0 unspecified atom stereocenters. The Labute approximate surface area is 72.1 Å². The van der Waals surface area contributed by atoms with Crippen LogP contribution < -0.4 is 5.32 Å². The lowest BCUT2D eigenvalue weighted by Crippen LogP contribution is -2.35. The average molecular weight is 157 g/mol. The zero-order valence-corrected chi connectivity index (χ0v) is 8.28. The molecule has 1 aliphatic rings. The normalized spacial score (nSPS) is 23.7. The van der Waals surface area contributed by atoms with Crippen LogP contribution >= 0.6 is 0 Å². The van der Waals surface area contributed by atoms with Crippen LogP contribution in [0.4, 0.5) is 0 Å². The van der Waals surface area contributed by atoms with Crippen LogP contribution in [-0.4, -0.2) is 12.6 Å². The standard InChI is InChI=1S/C10H21N.H2/c1-8(2)7-11-9(3)10(4)5-6-10;/h8-9,11H,5-7H2,1-4H3;1H/t9-;/m1./s1. The van der Waals surface area contributed by atoms with Crippen molar-refractivity contribution in [3.05, 3.63) is 0 Å². The highest BCUT2D eigenvalue weighted by Gasteiger charge is 2.41. The lowest BCUT2D eigenvalue weighted by atomic mass is 10.0. The van der Waals surface area contributed by atoms with Crippen molar-refractivity contribution >= 4 is 0 Å². The highest BCUT2D eigenvalue weighted by molar-refractivity contribution is 4.96. The summed E-state index contributed by atoms with van der Waals surface area (Å²) in [5.74, 6) is 0.778. The molecule has 0 aromatic heterocycles. The van der Waals surface area contributed by atoms with Gasteiger partial charge in [-0.15, -0.1) is 0 Å². The summed E-state index contributed by atoms with van der Waals surface area (Å²) in [5, 5.41) is 3.58. The second-order valence-electron chi connectivity index (χ2n) is 4.68. The van der Waals surface area contributed by atoms with Crippen LogP contribution in [0.1, 0.15) is 42.0 Å². The first-order chi connectivity index (χ1) is 5.04. The Kier molecular flexibility index (Phi) is 2.58. The monoisotopic (exact) mass is 157 g/mol. The number of hydrogen-bond donors (Lipinski definition) is 1. The molecule has 0 radical (unpaired) electrons. The first-order valence-corrected chi connectivity index (χ1v) is 4.78. The largest absolute Gasteiger partial charge is 0.313 e. The molecule has 0 saturated heterocycles. The Hall–Kier alpha value is -0.0400. The highest BCUT2D eigenvalue weighted by atomic mass is 14.9. The molecule has 1 rings (SSSR count). The first kappa shape index (κ1) is 9.05. The predicted octanol–water partition coefficient (Wildman–Crippen LogP) is 2.67. The van der Waals surface area contributed by atoms with Crippen molar-refractivity contribution in [2.45, 2.75) is 46.6 Å². The van der Waals surface area contributed by atoms with Crippen molar-refractivity contribution in [2.75, 3.05) is 6.54 Å². The van der Waals surface area contributed by atoms with Gasteiger partial charge in [-0.1, -0.05) is 20.8 Å². The van der Waals surface area contributed by atoms with Gasteiger partial charge >= 0.3 is 0 Å². The first-order valence-electron chi connectivity index (χ1n) is 4.78. The minimum Gasteiger partial charge on any atom is -0.313 e. The molecule has 1 atom stereocenters. The van der Waals surface area contributed by atoms with Gasteiger partial charge in [0.15, 0.2) is 0 Å². The van der Waals surface area contributed by atoms with E-state index >= 15 is 0 Å². The fourth-order valence-electron chi connectivity index (χ4n) is 1.29. The van der Waals surface area contributed by atoms with Crippen LogP contribution in [0.15, 0.2) is 0 Å². The van der Waals surface area contributed by atoms with Gasteiger partial charge in [-0.3, -0.25) is 0 Å². The maximum atomic E-state index is 3.58. The van der Waals surface area contributed by atoms with E-state index in [9.17, 15) is 0 Å². The van der Waals surface area contributed by atoms with Crippen molar-refractivity contribution < 1.29 is 1.43 Å². The summed E-state index contributed by atoms with van der Waals surface area (Å²) in [5.41, 5.74) is 0.634. The summed E-state index contributed by atoms with van der Waals surface area (Å²) in [6.45, 7) is 10.4. The molecule has 1 nitrogen and oxygen atoms in total. The van der Waals surface area contributed by atoms with E-state index in [-0.39, 0.29) is 1.43 Å². The Morgan fingerprint density at radius 1 is 1.36 bits per heavy atom. The van der Waals surface area contributed by atoms with E-state index in [1.807, 2.05) is 0 Å². The molecule has 0 amide bonds. The van der Waals surface area contributed by atoms with E-state index in [2.05, 4.69) is 33.0 Å². The Balaban J connectivity index is 0.00000121. The minimum atomic E-state index is 0. The van der Waals surface area contributed by atoms with Gasteiger partial charge in [-0.25, -0.2) is 0 Å². The zero-order valence-electron chi connectivity index (χ0n) is 8.28. The third kappa shape index (κ3) is 2.48. The molecule has 1 aliphatic carbocycles. The molecule has 1 N–H and O–H groups in total. The molecule has 0 aromatic rings. The molecule has 0 spiro atoms. The van der Waals surface area contributed by atoms with E-state index in [4.69, 9.17) is 0 Å². The molecule has 1 heteroatoms. The molecular weight excluding hydrogens is 134 g/mol. The van der Waals surface area contributed by atoms with Gasteiger partial charge < -0.3 is 5.32 Å². The lowest BCUT2D eigenvalue weighted by Gasteiger charge is -2.21. The summed E-state index contributed by atoms with van der Waals surface area (Å²) in [4.78, 5) is 0. The molecular formula is C10H23N. The Morgan fingerprint density at radius 2 is 1.91 bits per heavy atom. The summed E-state index contributed by atoms with van der Waals surface area (Å²) in [6.07, 6.45) is 2.83. The van der Waals surface area contributed by atoms with E-state index in [0.29, 0.717) is 11.5 Å². The van der Waals surface area contributed by atoms with Crippen molar-refractivity contribution in [1.82, 2.24) is 5.32 Å². The molecule has 1 fully saturated rings. The van der Waals surface area contributed by atoms with Crippen LogP contribution in [0.3, 0.4) is 0 Å². The van der Waals surface area contributed by atoms with Crippen molar-refractivity contribution in [1.29, 1.82) is 0 Å². The molecule has 0 aromatic carbocycles. The summed E-state index contributed by atoms with van der Waals surface area (Å²) < 4.78 is 0. The predicted molar refractivity (Wildman–Crippen MR) is 51.8 cm³/mol. The van der Waals surface area contributed by atoms with Gasteiger partial charge in [0.25, 0.3) is 0 Å². The average Bonchev–Trinajstić information content (AvgIpc) is 2.64. The molecule has 0 heterocycles. The molecule has 68 valence electrons. The summed E-state index contributed by atoms with van der Waals surface area (Å²) >= 11 is 0. The number of nitrogens with one attached hydrogen (secondary N) is 1. The third-order valence-electron chi connectivity index (χ3n) is 2.92. The van der Waals surface area contributed by atoms with Gasteiger partial charge in [-0.05, 0) is 37.6 Å². The summed E-state index contributed by atoms with van der Waals surface area (Å²) in [6, 6.07) is 0.713. The van der Waals surface area contributed by atoms with E-state index < -0.39 is 0 Å². The highest BCUT2D eigenvalue weighted by Crippen LogP contribution is 2.47. The maximum Gasteiger partial charge on any atom is 0.00926 e. The van der Waals surface area contributed by atoms with E-state index in [1.165, 1.54) is 12.8 Å². The smallest absolute Gasteiger partial charge is 0.00926 e. The van der Waals surface area contributed by atoms with Crippen LogP contribution in [0, 0.1) is 11.3 Å². The second kappa shape index (κ2) is 3.14. The van der Waals surface area contributed by atoms with Crippen LogP contribution in [0.5, 0.6) is 0 Å². The fourth-order valence-corrected chi connectivity index (χ4v) is 1.29. The zero-order chi connectivity index (χ0) is 8.48. The molecule has 11 heavy (non-hydrogen) atoms. The quantitative estimate of drug-likeness (QED) is 0.661. The third-order valence-corrected chi connectivity index (χ3v) is 2.92. The fraction of sp³-hybridized carbons (Fsp3) is 1.00. The maximum absolute atomic E-state index is 3.58.